The van der Waals surface area contributed by atoms with Crippen LogP contribution in [0.3, 0.4) is 0 Å². The minimum absolute atomic E-state index is 0.116. The second kappa shape index (κ2) is 6.80. The third-order valence-corrected chi connectivity index (χ3v) is 3.83. The molecule has 0 amide bonds. The molecule has 1 aromatic carbocycles. The highest BCUT2D eigenvalue weighted by molar-refractivity contribution is 5.65. The first kappa shape index (κ1) is 15.6. The molecule has 116 valence electrons. The number of nitrogens with zero attached hydrogens (tertiary/aromatic N) is 2. The first-order valence-corrected chi connectivity index (χ1v) is 7.60. The lowest BCUT2D eigenvalue weighted by atomic mass is 10.1. The molecular formula is C16H25FN4. The average Bonchev–Trinajstić information content (AvgIpc) is 2.51. The van der Waals surface area contributed by atoms with Gasteiger partial charge in [0.25, 0.3) is 0 Å². The maximum Gasteiger partial charge on any atom is 0.153 e. The van der Waals surface area contributed by atoms with Crippen LogP contribution in [0.5, 0.6) is 0 Å². The number of rotatable bonds is 1. The molecule has 0 aromatic heterocycles. The molecule has 21 heavy (non-hydrogen) atoms. The fraction of sp³-hybridized carbons (Fsp3) is 0.500. The number of nitrogens with one attached hydrogen (secondary N) is 2. The van der Waals surface area contributed by atoms with Crippen LogP contribution in [0.25, 0.3) is 0 Å². The van der Waals surface area contributed by atoms with Crippen LogP contribution in [0.2, 0.25) is 0 Å². The first-order valence-electron chi connectivity index (χ1n) is 7.60. The SMILES string of the molecule is C=C1NCc2c(ccc(N3CCN(C)CC3)c2F)N1.CC. The molecule has 1 fully saturated rings. The van der Waals surface area contributed by atoms with Crippen molar-refractivity contribution in [2.75, 3.05) is 43.4 Å². The molecule has 5 heteroatoms. The van der Waals surface area contributed by atoms with Crippen LogP contribution in [0, 0.1) is 5.82 Å². The predicted octanol–water partition coefficient (Wildman–Crippen LogP) is 2.59. The van der Waals surface area contributed by atoms with Gasteiger partial charge in [-0.1, -0.05) is 20.4 Å². The van der Waals surface area contributed by atoms with Gasteiger partial charge < -0.3 is 20.4 Å². The van der Waals surface area contributed by atoms with Crippen LogP contribution in [-0.4, -0.2) is 38.1 Å². The molecule has 4 nitrogen and oxygen atoms in total. The summed E-state index contributed by atoms with van der Waals surface area (Å²) in [5, 5.41) is 6.11. The van der Waals surface area contributed by atoms with Gasteiger partial charge in [0.1, 0.15) is 0 Å². The second-order valence-corrected chi connectivity index (χ2v) is 5.17. The van der Waals surface area contributed by atoms with E-state index < -0.39 is 0 Å². The molecular weight excluding hydrogens is 267 g/mol. The third kappa shape index (κ3) is 3.29. The molecule has 2 heterocycles. The van der Waals surface area contributed by atoms with E-state index in [0.717, 1.165) is 37.7 Å². The summed E-state index contributed by atoms with van der Waals surface area (Å²) in [6, 6.07) is 3.81. The molecule has 0 aliphatic carbocycles. The van der Waals surface area contributed by atoms with Crippen LogP contribution in [0.4, 0.5) is 15.8 Å². The quantitative estimate of drug-likeness (QED) is 0.833. The molecule has 0 unspecified atom stereocenters. The van der Waals surface area contributed by atoms with Gasteiger partial charge in [-0.15, -0.1) is 0 Å². The Morgan fingerprint density at radius 3 is 2.48 bits per heavy atom. The topological polar surface area (TPSA) is 30.5 Å². The van der Waals surface area contributed by atoms with Gasteiger partial charge in [-0.25, -0.2) is 4.39 Å². The van der Waals surface area contributed by atoms with Gasteiger partial charge >= 0.3 is 0 Å². The number of piperazine rings is 1. The molecule has 2 aliphatic heterocycles. The highest BCUT2D eigenvalue weighted by Gasteiger charge is 2.22. The number of benzene rings is 1. The number of fused-ring (bicyclic) bond motifs is 1. The molecule has 0 atom stereocenters. The molecule has 1 aromatic rings. The van der Waals surface area contributed by atoms with Crippen molar-refractivity contribution in [2.45, 2.75) is 20.4 Å². The Labute approximate surface area is 126 Å². The van der Waals surface area contributed by atoms with Crippen molar-refractivity contribution in [3.63, 3.8) is 0 Å². The summed E-state index contributed by atoms with van der Waals surface area (Å²) in [6.45, 7) is 12.0. The Hall–Kier alpha value is -1.75. The second-order valence-electron chi connectivity index (χ2n) is 5.17. The Morgan fingerprint density at radius 2 is 1.81 bits per heavy atom. The molecule has 2 N–H and O–H groups in total. The minimum Gasteiger partial charge on any atom is -0.368 e. The predicted molar refractivity (Wildman–Crippen MR) is 87.1 cm³/mol. The average molecular weight is 292 g/mol. The van der Waals surface area contributed by atoms with Crippen molar-refractivity contribution >= 4 is 11.4 Å². The van der Waals surface area contributed by atoms with Crippen molar-refractivity contribution in [2.24, 2.45) is 0 Å². The fourth-order valence-corrected chi connectivity index (χ4v) is 2.59. The van der Waals surface area contributed by atoms with E-state index in [1.165, 1.54) is 0 Å². The molecule has 0 radical (unpaired) electrons. The standard InChI is InChI=1S/C14H19FN4.C2H6/c1-10-16-9-11-12(17-10)3-4-13(14(11)15)19-7-5-18(2)6-8-19;1-2/h3-4,16-17H,1,5-9H2,2H3;1-2H3. The van der Waals surface area contributed by atoms with Gasteiger partial charge in [-0.2, -0.15) is 0 Å². The number of likely N-dealkylation sites (N-methyl/N-ethyl adjacent to an activating group) is 1. The zero-order valence-corrected chi connectivity index (χ0v) is 13.2. The van der Waals surface area contributed by atoms with E-state index in [4.69, 9.17) is 0 Å². The largest absolute Gasteiger partial charge is 0.368 e. The highest BCUT2D eigenvalue weighted by Crippen LogP contribution is 2.31. The van der Waals surface area contributed by atoms with Crippen molar-refractivity contribution in [3.05, 3.63) is 35.9 Å². The monoisotopic (exact) mass is 292 g/mol. The van der Waals surface area contributed by atoms with Crippen LogP contribution >= 0.6 is 0 Å². The van der Waals surface area contributed by atoms with Crippen LogP contribution < -0.4 is 15.5 Å². The molecule has 1 saturated heterocycles. The van der Waals surface area contributed by atoms with Crippen molar-refractivity contribution in [1.29, 1.82) is 0 Å². The van der Waals surface area contributed by atoms with Crippen molar-refractivity contribution in [1.82, 2.24) is 10.2 Å². The van der Waals surface area contributed by atoms with E-state index in [2.05, 4.69) is 34.1 Å². The Morgan fingerprint density at radius 1 is 1.14 bits per heavy atom. The summed E-state index contributed by atoms with van der Waals surface area (Å²) >= 11 is 0. The van der Waals surface area contributed by atoms with Crippen LogP contribution in [-0.2, 0) is 6.54 Å². The summed E-state index contributed by atoms with van der Waals surface area (Å²) in [6.07, 6.45) is 0. The van der Waals surface area contributed by atoms with Crippen molar-refractivity contribution in [3.8, 4) is 0 Å². The zero-order valence-electron chi connectivity index (χ0n) is 13.2. The van der Waals surface area contributed by atoms with Gasteiger partial charge in [0.2, 0.25) is 0 Å². The smallest absolute Gasteiger partial charge is 0.153 e. The lowest BCUT2D eigenvalue weighted by Crippen LogP contribution is -2.45. The zero-order chi connectivity index (χ0) is 15.4. The third-order valence-electron chi connectivity index (χ3n) is 3.83. The van der Waals surface area contributed by atoms with Gasteiger partial charge in [-0.05, 0) is 19.2 Å². The lowest BCUT2D eigenvalue weighted by molar-refractivity contribution is 0.311. The summed E-state index contributed by atoms with van der Waals surface area (Å²) in [7, 11) is 2.10. The first-order chi connectivity index (χ1) is 10.1. The maximum absolute atomic E-state index is 14.6. The van der Waals surface area contributed by atoms with Gasteiger partial charge in [0, 0.05) is 44.0 Å². The van der Waals surface area contributed by atoms with E-state index in [1.807, 2.05) is 26.0 Å². The highest BCUT2D eigenvalue weighted by atomic mass is 19.1. The van der Waals surface area contributed by atoms with E-state index in [-0.39, 0.29) is 5.82 Å². The van der Waals surface area contributed by atoms with Crippen molar-refractivity contribution < 1.29 is 4.39 Å². The fourth-order valence-electron chi connectivity index (χ4n) is 2.59. The summed E-state index contributed by atoms with van der Waals surface area (Å²) in [5.74, 6) is 0.605. The van der Waals surface area contributed by atoms with E-state index >= 15 is 0 Å². The maximum atomic E-state index is 14.6. The molecule has 3 rings (SSSR count). The molecule has 0 spiro atoms. The Balaban J connectivity index is 0.000000774. The van der Waals surface area contributed by atoms with Gasteiger partial charge in [0.15, 0.2) is 5.82 Å². The molecule has 0 bridgehead atoms. The van der Waals surface area contributed by atoms with Gasteiger partial charge in [0.05, 0.1) is 11.5 Å². The van der Waals surface area contributed by atoms with E-state index in [9.17, 15) is 4.39 Å². The minimum atomic E-state index is -0.116. The van der Waals surface area contributed by atoms with Gasteiger partial charge in [-0.3, -0.25) is 0 Å². The lowest BCUT2D eigenvalue weighted by Gasteiger charge is -2.35. The summed E-state index contributed by atoms with van der Waals surface area (Å²) in [5.41, 5.74) is 2.23. The van der Waals surface area contributed by atoms with Crippen LogP contribution in [0.1, 0.15) is 19.4 Å². The molecule has 0 saturated carbocycles. The summed E-state index contributed by atoms with van der Waals surface area (Å²) in [4.78, 5) is 4.39. The van der Waals surface area contributed by atoms with E-state index in [0.29, 0.717) is 17.8 Å². The molecule has 2 aliphatic rings. The number of hydrogen-bond donors (Lipinski definition) is 2. The normalized spacial score (nSPS) is 18.1. The van der Waals surface area contributed by atoms with E-state index in [1.54, 1.807) is 0 Å². The Kier molecular flexibility index (Phi) is 5.07. The number of hydrogen-bond acceptors (Lipinski definition) is 4. The number of halogens is 1. The van der Waals surface area contributed by atoms with Crippen LogP contribution in [0.15, 0.2) is 24.5 Å². The Bertz CT molecular complexity index is 507. The number of anilines is 2. The summed E-state index contributed by atoms with van der Waals surface area (Å²) < 4.78 is 14.6.